The van der Waals surface area contributed by atoms with Gasteiger partial charge in [-0.2, -0.15) is 5.26 Å². The number of carbonyl (C=O) groups is 1. The van der Waals surface area contributed by atoms with Crippen LogP contribution in [0.3, 0.4) is 0 Å². The maximum atomic E-state index is 12.2. The number of nitriles is 1. The van der Waals surface area contributed by atoms with Gasteiger partial charge in [0.2, 0.25) is 0 Å². The zero-order valence-electron chi connectivity index (χ0n) is 11.1. The van der Waals surface area contributed by atoms with Crippen molar-refractivity contribution in [2.45, 2.75) is 50.5 Å². The van der Waals surface area contributed by atoms with Crippen molar-refractivity contribution in [2.75, 3.05) is 0 Å². The highest BCUT2D eigenvalue weighted by molar-refractivity contribution is 5.94. The van der Waals surface area contributed by atoms with Gasteiger partial charge in [-0.05, 0) is 25.0 Å². The van der Waals surface area contributed by atoms with E-state index in [4.69, 9.17) is 0 Å². The first-order valence-electron chi connectivity index (χ1n) is 6.90. The number of hydrogen-bond acceptors (Lipinski definition) is 3. The SMILES string of the molecule is N#CC1(NC(=O)c2ccncc2)CCCCCCC1. The molecule has 0 saturated heterocycles. The Morgan fingerprint density at radius 1 is 1.16 bits per heavy atom. The molecule has 0 spiro atoms. The van der Waals surface area contributed by atoms with E-state index in [1.54, 1.807) is 24.5 Å². The summed E-state index contributed by atoms with van der Waals surface area (Å²) in [5.41, 5.74) is -0.132. The number of nitrogens with zero attached hydrogens (tertiary/aromatic N) is 2. The van der Waals surface area contributed by atoms with Gasteiger partial charge >= 0.3 is 0 Å². The number of rotatable bonds is 2. The van der Waals surface area contributed by atoms with Crippen molar-refractivity contribution in [3.8, 4) is 6.07 Å². The maximum absolute atomic E-state index is 12.2. The Morgan fingerprint density at radius 3 is 2.32 bits per heavy atom. The highest BCUT2D eigenvalue weighted by Gasteiger charge is 2.32. The molecule has 1 aliphatic rings. The van der Waals surface area contributed by atoms with Crippen LogP contribution in [-0.2, 0) is 0 Å². The molecule has 0 radical (unpaired) electrons. The lowest BCUT2D eigenvalue weighted by atomic mass is 9.85. The third-order valence-corrected chi connectivity index (χ3v) is 3.72. The summed E-state index contributed by atoms with van der Waals surface area (Å²) in [6, 6.07) is 5.68. The van der Waals surface area contributed by atoms with Gasteiger partial charge in [-0.15, -0.1) is 0 Å². The number of pyridine rings is 1. The molecule has 1 amide bonds. The molecule has 0 bridgehead atoms. The Morgan fingerprint density at radius 2 is 1.74 bits per heavy atom. The molecule has 100 valence electrons. The van der Waals surface area contributed by atoms with E-state index in [2.05, 4.69) is 16.4 Å². The summed E-state index contributed by atoms with van der Waals surface area (Å²) in [6.45, 7) is 0. The average Bonchev–Trinajstić information content (AvgIpc) is 2.43. The summed E-state index contributed by atoms with van der Waals surface area (Å²) >= 11 is 0. The molecule has 0 atom stereocenters. The van der Waals surface area contributed by atoms with E-state index in [-0.39, 0.29) is 5.91 Å². The van der Waals surface area contributed by atoms with Crippen LogP contribution in [0.4, 0.5) is 0 Å². The molecule has 0 aromatic carbocycles. The molecule has 4 nitrogen and oxygen atoms in total. The van der Waals surface area contributed by atoms with Crippen LogP contribution < -0.4 is 5.32 Å². The van der Waals surface area contributed by atoms with Gasteiger partial charge in [0.1, 0.15) is 5.54 Å². The third-order valence-electron chi connectivity index (χ3n) is 3.72. The molecular weight excluding hydrogens is 238 g/mol. The van der Waals surface area contributed by atoms with Gasteiger partial charge in [0.15, 0.2) is 0 Å². The van der Waals surface area contributed by atoms with E-state index in [1.165, 1.54) is 6.42 Å². The number of nitrogens with one attached hydrogen (secondary N) is 1. The summed E-state index contributed by atoms with van der Waals surface area (Å²) in [5.74, 6) is -0.176. The maximum Gasteiger partial charge on any atom is 0.252 e. The molecule has 1 saturated carbocycles. The summed E-state index contributed by atoms with van der Waals surface area (Å²) in [6.07, 6.45) is 10.2. The summed E-state index contributed by atoms with van der Waals surface area (Å²) < 4.78 is 0. The predicted molar refractivity (Wildman–Crippen MR) is 72.4 cm³/mol. The van der Waals surface area contributed by atoms with Crippen LogP contribution in [0.25, 0.3) is 0 Å². The molecule has 2 rings (SSSR count). The highest BCUT2D eigenvalue weighted by Crippen LogP contribution is 2.26. The first kappa shape index (κ1) is 13.5. The van der Waals surface area contributed by atoms with Gasteiger partial charge in [-0.1, -0.05) is 32.1 Å². The number of aromatic nitrogens is 1. The van der Waals surface area contributed by atoms with E-state index in [1.807, 2.05) is 0 Å². The Bertz CT molecular complexity index is 456. The zero-order valence-corrected chi connectivity index (χ0v) is 11.1. The molecule has 4 heteroatoms. The second-order valence-electron chi connectivity index (χ2n) is 5.15. The quantitative estimate of drug-likeness (QED) is 0.886. The summed E-state index contributed by atoms with van der Waals surface area (Å²) in [7, 11) is 0. The van der Waals surface area contributed by atoms with Crippen molar-refractivity contribution in [3.05, 3.63) is 30.1 Å². The van der Waals surface area contributed by atoms with Crippen LogP contribution >= 0.6 is 0 Å². The summed E-state index contributed by atoms with van der Waals surface area (Å²) in [5, 5.41) is 12.4. The monoisotopic (exact) mass is 257 g/mol. The van der Waals surface area contributed by atoms with E-state index in [9.17, 15) is 10.1 Å². The van der Waals surface area contributed by atoms with Gasteiger partial charge in [-0.25, -0.2) is 0 Å². The average molecular weight is 257 g/mol. The molecular formula is C15H19N3O. The normalized spacial score (nSPS) is 18.7. The minimum atomic E-state index is -0.694. The van der Waals surface area contributed by atoms with Gasteiger partial charge in [0.05, 0.1) is 6.07 Å². The fourth-order valence-electron chi connectivity index (χ4n) is 2.57. The largest absolute Gasteiger partial charge is 0.334 e. The standard InChI is InChI=1S/C15H19N3O/c16-12-15(8-4-2-1-3-5-9-15)18-14(19)13-6-10-17-11-7-13/h6-7,10-11H,1-5,8-9H2,(H,18,19). The smallest absolute Gasteiger partial charge is 0.252 e. The molecule has 0 aliphatic heterocycles. The van der Waals surface area contributed by atoms with Crippen molar-refractivity contribution in [1.29, 1.82) is 5.26 Å². The van der Waals surface area contributed by atoms with Crippen molar-refractivity contribution >= 4 is 5.91 Å². The third kappa shape index (κ3) is 3.54. The molecule has 1 fully saturated rings. The van der Waals surface area contributed by atoms with E-state index in [0.717, 1.165) is 38.5 Å². The van der Waals surface area contributed by atoms with Gasteiger partial charge in [-0.3, -0.25) is 9.78 Å². The predicted octanol–water partition coefficient (Wildman–Crippen LogP) is 2.82. The molecule has 1 aromatic rings. The molecule has 0 unspecified atom stereocenters. The lowest BCUT2D eigenvalue weighted by Crippen LogP contribution is -2.47. The van der Waals surface area contributed by atoms with E-state index >= 15 is 0 Å². The van der Waals surface area contributed by atoms with Crippen molar-refractivity contribution < 1.29 is 4.79 Å². The molecule has 19 heavy (non-hydrogen) atoms. The highest BCUT2D eigenvalue weighted by atomic mass is 16.1. The minimum absolute atomic E-state index is 0.176. The lowest BCUT2D eigenvalue weighted by molar-refractivity contribution is 0.0907. The van der Waals surface area contributed by atoms with Crippen molar-refractivity contribution in [2.24, 2.45) is 0 Å². The first-order chi connectivity index (χ1) is 9.26. The van der Waals surface area contributed by atoms with Crippen molar-refractivity contribution in [1.82, 2.24) is 10.3 Å². The van der Waals surface area contributed by atoms with Crippen LogP contribution in [-0.4, -0.2) is 16.4 Å². The number of amides is 1. The Kier molecular flexibility index (Phi) is 4.51. The lowest BCUT2D eigenvalue weighted by Gasteiger charge is -2.29. The van der Waals surface area contributed by atoms with Crippen molar-refractivity contribution in [3.63, 3.8) is 0 Å². The summed E-state index contributed by atoms with van der Waals surface area (Å²) in [4.78, 5) is 16.1. The van der Waals surface area contributed by atoms with Gasteiger partial charge in [0.25, 0.3) is 5.91 Å². The Labute approximate surface area is 113 Å². The van der Waals surface area contributed by atoms with Crippen LogP contribution in [0.2, 0.25) is 0 Å². The number of hydrogen-bond donors (Lipinski definition) is 1. The first-order valence-corrected chi connectivity index (χ1v) is 6.90. The molecule has 1 aromatic heterocycles. The molecule has 1 N–H and O–H groups in total. The van der Waals surface area contributed by atoms with Gasteiger partial charge < -0.3 is 5.32 Å². The van der Waals surface area contributed by atoms with Crippen LogP contribution in [0.15, 0.2) is 24.5 Å². The second-order valence-corrected chi connectivity index (χ2v) is 5.15. The molecule has 1 aliphatic carbocycles. The Hall–Kier alpha value is -1.89. The Balaban J connectivity index is 2.09. The fraction of sp³-hybridized carbons (Fsp3) is 0.533. The van der Waals surface area contributed by atoms with Crippen LogP contribution in [0, 0.1) is 11.3 Å². The van der Waals surface area contributed by atoms with E-state index < -0.39 is 5.54 Å². The zero-order chi connectivity index (χ0) is 13.6. The minimum Gasteiger partial charge on any atom is -0.334 e. The van der Waals surface area contributed by atoms with Crippen LogP contribution in [0.5, 0.6) is 0 Å². The van der Waals surface area contributed by atoms with Gasteiger partial charge in [0, 0.05) is 18.0 Å². The van der Waals surface area contributed by atoms with E-state index in [0.29, 0.717) is 5.56 Å². The molecule has 1 heterocycles. The second kappa shape index (κ2) is 6.33. The van der Waals surface area contributed by atoms with Crippen LogP contribution in [0.1, 0.15) is 55.3 Å². The fourth-order valence-corrected chi connectivity index (χ4v) is 2.57. The topological polar surface area (TPSA) is 65.8 Å². The number of carbonyl (C=O) groups excluding carboxylic acids is 1.